The fourth-order valence-corrected chi connectivity index (χ4v) is 3.23. The van der Waals surface area contributed by atoms with Gasteiger partial charge in [-0.05, 0) is 39.5 Å². The summed E-state index contributed by atoms with van der Waals surface area (Å²) in [5.41, 5.74) is 0.187. The molecule has 1 fully saturated rings. The number of carboxylic acids is 1. The third-order valence-electron chi connectivity index (χ3n) is 3.97. The highest BCUT2D eigenvalue weighted by atomic mass is 79.9. The average Bonchev–Trinajstić information content (AvgIpc) is 2.75. The molecule has 2 aromatic rings. The number of benzene rings is 1. The second-order valence-corrected chi connectivity index (χ2v) is 6.55. The maximum Gasteiger partial charge on any atom is 0.307 e. The summed E-state index contributed by atoms with van der Waals surface area (Å²) >= 11 is 3.25. The third kappa shape index (κ3) is 2.25. The van der Waals surface area contributed by atoms with E-state index in [9.17, 15) is 14.3 Å². The van der Waals surface area contributed by atoms with E-state index in [0.717, 1.165) is 0 Å². The van der Waals surface area contributed by atoms with Gasteiger partial charge < -0.3 is 9.63 Å². The fraction of sp³-hybridized carbons (Fsp3) is 0.357. The number of hydrogen-bond donors (Lipinski definition) is 1. The van der Waals surface area contributed by atoms with Gasteiger partial charge in [-0.3, -0.25) is 4.79 Å². The minimum absolute atomic E-state index is 0.296. The minimum Gasteiger partial charge on any atom is -0.481 e. The van der Waals surface area contributed by atoms with Crippen molar-refractivity contribution in [2.24, 2.45) is 11.3 Å². The number of halogens is 2. The summed E-state index contributed by atoms with van der Waals surface area (Å²) in [5.74, 6) is -1.45. The van der Waals surface area contributed by atoms with E-state index < -0.39 is 17.3 Å². The van der Waals surface area contributed by atoms with Gasteiger partial charge in [0.2, 0.25) is 11.7 Å². The van der Waals surface area contributed by atoms with E-state index in [0.29, 0.717) is 21.8 Å². The first-order chi connectivity index (χ1) is 9.82. The van der Waals surface area contributed by atoms with Gasteiger partial charge in [-0.1, -0.05) is 19.0 Å². The Kier molecular flexibility index (Phi) is 3.12. The van der Waals surface area contributed by atoms with Gasteiger partial charge in [-0.25, -0.2) is 4.39 Å². The molecule has 5 nitrogen and oxygen atoms in total. The lowest BCUT2D eigenvalue weighted by molar-refractivity contribution is -0.139. The number of rotatable bonds is 3. The van der Waals surface area contributed by atoms with Crippen LogP contribution in [-0.4, -0.2) is 21.2 Å². The van der Waals surface area contributed by atoms with Crippen molar-refractivity contribution in [3.05, 3.63) is 34.4 Å². The van der Waals surface area contributed by atoms with E-state index in [-0.39, 0.29) is 11.7 Å². The molecule has 0 spiro atoms. The Morgan fingerprint density at radius 1 is 1.48 bits per heavy atom. The van der Waals surface area contributed by atoms with Crippen molar-refractivity contribution in [1.29, 1.82) is 0 Å². The first-order valence-electron chi connectivity index (χ1n) is 6.34. The van der Waals surface area contributed by atoms with Crippen LogP contribution in [0.4, 0.5) is 4.39 Å². The van der Waals surface area contributed by atoms with Crippen molar-refractivity contribution in [3.63, 3.8) is 0 Å². The number of nitrogens with zero attached hydrogens (tertiary/aromatic N) is 2. The second-order valence-electron chi connectivity index (χ2n) is 5.70. The Bertz CT molecular complexity index is 729. The van der Waals surface area contributed by atoms with Crippen molar-refractivity contribution in [3.8, 4) is 11.4 Å². The number of carboxylic acid groups (broad SMARTS) is 1. The molecule has 2 unspecified atom stereocenters. The Hall–Kier alpha value is -1.76. The molecule has 1 aromatic heterocycles. The molecule has 0 saturated heterocycles. The lowest BCUT2D eigenvalue weighted by Crippen LogP contribution is -2.03. The minimum atomic E-state index is -0.868. The van der Waals surface area contributed by atoms with Crippen LogP contribution in [0.2, 0.25) is 0 Å². The van der Waals surface area contributed by atoms with Gasteiger partial charge in [0.15, 0.2) is 0 Å². The molecule has 1 N–H and O–H groups in total. The molecule has 1 aliphatic carbocycles. The Morgan fingerprint density at radius 3 is 2.76 bits per heavy atom. The SMILES string of the molecule is CC1(C)C(C(=O)O)C1c1nc(-c2ccc(F)cc2Br)no1. The van der Waals surface area contributed by atoms with Gasteiger partial charge >= 0.3 is 5.97 Å². The van der Waals surface area contributed by atoms with Crippen LogP contribution in [0, 0.1) is 17.2 Å². The largest absolute Gasteiger partial charge is 0.481 e. The highest BCUT2D eigenvalue weighted by Crippen LogP contribution is 2.64. The topological polar surface area (TPSA) is 76.2 Å². The van der Waals surface area contributed by atoms with E-state index in [1.165, 1.54) is 12.1 Å². The molecule has 0 amide bonds. The number of hydrogen-bond acceptors (Lipinski definition) is 4. The highest BCUT2D eigenvalue weighted by molar-refractivity contribution is 9.10. The summed E-state index contributed by atoms with van der Waals surface area (Å²) in [4.78, 5) is 15.5. The summed E-state index contributed by atoms with van der Waals surface area (Å²) in [6.07, 6.45) is 0. The van der Waals surface area contributed by atoms with Gasteiger partial charge in [-0.15, -0.1) is 0 Å². The molecule has 3 rings (SSSR count). The molecular formula is C14H12BrFN2O3. The number of aliphatic carboxylic acids is 1. The van der Waals surface area contributed by atoms with E-state index in [1.807, 2.05) is 13.8 Å². The van der Waals surface area contributed by atoms with Gasteiger partial charge in [0.05, 0.1) is 11.8 Å². The standard InChI is InChI=1S/C14H12BrFN2O3/c1-14(2)9(10(14)13(19)20)12-17-11(18-21-12)7-4-3-6(16)5-8(7)15/h3-5,9-10H,1-2H3,(H,19,20). The van der Waals surface area contributed by atoms with Crippen LogP contribution in [0.3, 0.4) is 0 Å². The van der Waals surface area contributed by atoms with Crippen molar-refractivity contribution in [2.75, 3.05) is 0 Å². The normalized spacial score (nSPS) is 23.0. The van der Waals surface area contributed by atoms with E-state index in [2.05, 4.69) is 26.1 Å². The van der Waals surface area contributed by atoms with Crippen molar-refractivity contribution in [2.45, 2.75) is 19.8 Å². The zero-order valence-corrected chi connectivity index (χ0v) is 12.9. The van der Waals surface area contributed by atoms with Crippen LogP contribution >= 0.6 is 15.9 Å². The maximum absolute atomic E-state index is 13.1. The van der Waals surface area contributed by atoms with Crippen molar-refractivity contribution < 1.29 is 18.8 Å². The quantitative estimate of drug-likeness (QED) is 0.913. The summed E-state index contributed by atoms with van der Waals surface area (Å²) < 4.78 is 18.8. The Morgan fingerprint density at radius 2 is 2.19 bits per heavy atom. The van der Waals surface area contributed by atoms with Gasteiger partial charge in [0.25, 0.3) is 0 Å². The Labute approximate surface area is 128 Å². The van der Waals surface area contributed by atoms with Crippen LogP contribution < -0.4 is 0 Å². The Balaban J connectivity index is 1.93. The summed E-state index contributed by atoms with van der Waals surface area (Å²) in [7, 11) is 0. The van der Waals surface area contributed by atoms with Gasteiger partial charge in [-0.2, -0.15) is 4.98 Å². The molecule has 1 aliphatic rings. The second kappa shape index (κ2) is 4.62. The summed E-state index contributed by atoms with van der Waals surface area (Å²) in [6, 6.07) is 4.16. The van der Waals surface area contributed by atoms with Crippen LogP contribution in [0.1, 0.15) is 25.7 Å². The first-order valence-corrected chi connectivity index (χ1v) is 7.13. The predicted molar refractivity (Wildman–Crippen MR) is 75.0 cm³/mol. The molecule has 2 atom stereocenters. The zero-order chi connectivity index (χ0) is 15.4. The zero-order valence-electron chi connectivity index (χ0n) is 11.3. The predicted octanol–water partition coefficient (Wildman–Crippen LogP) is 3.46. The molecule has 0 aliphatic heterocycles. The molecule has 0 bridgehead atoms. The van der Waals surface area contributed by atoms with E-state index >= 15 is 0 Å². The van der Waals surface area contributed by atoms with Gasteiger partial charge in [0, 0.05) is 10.0 Å². The number of aromatic nitrogens is 2. The molecule has 21 heavy (non-hydrogen) atoms. The lowest BCUT2D eigenvalue weighted by Gasteiger charge is -1.98. The van der Waals surface area contributed by atoms with Crippen LogP contribution in [0.15, 0.2) is 27.2 Å². The molecule has 110 valence electrons. The number of carbonyl (C=O) groups is 1. The molecule has 1 saturated carbocycles. The van der Waals surface area contributed by atoms with Crippen molar-refractivity contribution in [1.82, 2.24) is 10.1 Å². The monoisotopic (exact) mass is 354 g/mol. The summed E-state index contributed by atoms with van der Waals surface area (Å²) in [5, 5.41) is 13.0. The fourth-order valence-electron chi connectivity index (χ4n) is 2.70. The first kappa shape index (κ1) is 14.2. The molecule has 1 aromatic carbocycles. The highest BCUT2D eigenvalue weighted by Gasteiger charge is 2.65. The van der Waals surface area contributed by atoms with Crippen LogP contribution in [0.25, 0.3) is 11.4 Å². The third-order valence-corrected chi connectivity index (χ3v) is 4.63. The maximum atomic E-state index is 13.1. The average molecular weight is 355 g/mol. The molecule has 0 radical (unpaired) electrons. The van der Waals surface area contributed by atoms with Crippen molar-refractivity contribution >= 4 is 21.9 Å². The van der Waals surface area contributed by atoms with Crippen LogP contribution in [0.5, 0.6) is 0 Å². The lowest BCUT2D eigenvalue weighted by atomic mass is 10.1. The van der Waals surface area contributed by atoms with E-state index in [4.69, 9.17) is 4.52 Å². The molecule has 1 heterocycles. The molecule has 7 heteroatoms. The van der Waals surface area contributed by atoms with E-state index in [1.54, 1.807) is 6.07 Å². The summed E-state index contributed by atoms with van der Waals surface area (Å²) in [6.45, 7) is 3.71. The van der Waals surface area contributed by atoms with Gasteiger partial charge in [0.1, 0.15) is 5.82 Å². The smallest absolute Gasteiger partial charge is 0.307 e. The molecular weight excluding hydrogens is 343 g/mol. The van der Waals surface area contributed by atoms with Crippen LogP contribution in [-0.2, 0) is 4.79 Å².